The van der Waals surface area contributed by atoms with E-state index in [1.807, 2.05) is 36.5 Å². The summed E-state index contributed by atoms with van der Waals surface area (Å²) in [5.74, 6) is 0.0624. The number of carbonyl (C=O) groups excluding carboxylic acids is 1. The second-order valence-electron chi connectivity index (χ2n) is 5.41. The summed E-state index contributed by atoms with van der Waals surface area (Å²) in [6.45, 7) is 2.34. The Hall–Kier alpha value is -1.85. The minimum Gasteiger partial charge on any atom is -0.290 e. The molecule has 3 nitrogen and oxygen atoms in total. The van der Waals surface area contributed by atoms with Crippen LogP contribution in [0.4, 0.5) is 0 Å². The number of carbonyl (C=O) groups is 1. The zero-order valence-electron chi connectivity index (χ0n) is 13.1. The topological polar surface area (TPSA) is 33.8 Å². The molecular formula is C19H17Br2N2O+. The maximum absolute atomic E-state index is 12.3. The standard InChI is InChI=1S/C19H16BrN2O.BrH/c1-14-2-4-15(5-3-14)18-10-11-22(13-21-18)12-19(23)16-6-8-17(20)9-7-16;/h2-11,13H,12H2,1H3;1H/q+1;. The lowest BCUT2D eigenvalue weighted by molar-refractivity contribution is -0.686. The van der Waals surface area contributed by atoms with Gasteiger partial charge in [0.2, 0.25) is 5.78 Å². The highest BCUT2D eigenvalue weighted by Crippen LogP contribution is 2.15. The van der Waals surface area contributed by atoms with Gasteiger partial charge in [-0.1, -0.05) is 57.9 Å². The van der Waals surface area contributed by atoms with E-state index in [0.717, 1.165) is 15.7 Å². The minimum atomic E-state index is 0. The first-order chi connectivity index (χ1) is 11.1. The fourth-order valence-electron chi connectivity index (χ4n) is 2.27. The average molecular weight is 449 g/mol. The summed E-state index contributed by atoms with van der Waals surface area (Å²) >= 11 is 3.37. The van der Waals surface area contributed by atoms with Gasteiger partial charge < -0.3 is 0 Å². The quantitative estimate of drug-likeness (QED) is 0.432. The van der Waals surface area contributed by atoms with Crippen molar-refractivity contribution in [2.45, 2.75) is 13.5 Å². The Morgan fingerprint density at radius 1 is 1.04 bits per heavy atom. The molecular weight excluding hydrogens is 432 g/mol. The Morgan fingerprint density at radius 2 is 1.71 bits per heavy atom. The van der Waals surface area contributed by atoms with Crippen LogP contribution in [-0.2, 0) is 6.54 Å². The number of aryl methyl sites for hydroxylation is 1. The van der Waals surface area contributed by atoms with Crippen LogP contribution in [-0.4, -0.2) is 10.8 Å². The second-order valence-corrected chi connectivity index (χ2v) is 6.33. The third-order valence-electron chi connectivity index (χ3n) is 3.61. The number of hydrogen-bond donors (Lipinski definition) is 0. The fraction of sp³-hybridized carbons (Fsp3) is 0.105. The monoisotopic (exact) mass is 447 g/mol. The number of halogens is 2. The summed E-state index contributed by atoms with van der Waals surface area (Å²) in [5.41, 5.74) is 3.89. The third kappa shape index (κ3) is 4.58. The van der Waals surface area contributed by atoms with Crippen LogP contribution in [0, 0.1) is 6.92 Å². The molecule has 24 heavy (non-hydrogen) atoms. The van der Waals surface area contributed by atoms with Crippen molar-refractivity contribution in [2.24, 2.45) is 0 Å². The molecule has 3 rings (SSSR count). The van der Waals surface area contributed by atoms with Gasteiger partial charge in [-0.15, -0.1) is 17.0 Å². The van der Waals surface area contributed by atoms with Crippen molar-refractivity contribution in [2.75, 3.05) is 0 Å². The smallest absolute Gasteiger partial charge is 0.287 e. The average Bonchev–Trinajstić information content (AvgIpc) is 2.57. The lowest BCUT2D eigenvalue weighted by Crippen LogP contribution is -2.37. The number of hydrogen-bond acceptors (Lipinski definition) is 2. The zero-order chi connectivity index (χ0) is 16.2. The van der Waals surface area contributed by atoms with Crippen LogP contribution in [0.2, 0.25) is 0 Å². The number of Topliss-reactive ketones (excluding diaryl/α,β-unsaturated/α-hetero) is 1. The van der Waals surface area contributed by atoms with E-state index < -0.39 is 0 Å². The Balaban J connectivity index is 0.00000208. The van der Waals surface area contributed by atoms with E-state index in [1.54, 1.807) is 10.9 Å². The van der Waals surface area contributed by atoms with E-state index in [0.29, 0.717) is 5.56 Å². The highest BCUT2D eigenvalue weighted by Gasteiger charge is 2.11. The lowest BCUT2D eigenvalue weighted by Gasteiger charge is -2.01. The van der Waals surface area contributed by atoms with Crippen molar-refractivity contribution >= 4 is 38.7 Å². The third-order valence-corrected chi connectivity index (χ3v) is 4.14. The molecule has 0 aliphatic heterocycles. The van der Waals surface area contributed by atoms with Gasteiger partial charge in [0, 0.05) is 21.7 Å². The van der Waals surface area contributed by atoms with Gasteiger partial charge in [-0.3, -0.25) is 4.79 Å². The van der Waals surface area contributed by atoms with Crippen LogP contribution < -0.4 is 4.57 Å². The lowest BCUT2D eigenvalue weighted by atomic mass is 10.1. The van der Waals surface area contributed by atoms with Gasteiger partial charge in [0.05, 0.1) is 6.20 Å². The van der Waals surface area contributed by atoms with Crippen molar-refractivity contribution in [3.63, 3.8) is 0 Å². The van der Waals surface area contributed by atoms with E-state index in [9.17, 15) is 4.79 Å². The first-order valence-electron chi connectivity index (χ1n) is 7.33. The van der Waals surface area contributed by atoms with Crippen molar-refractivity contribution in [3.05, 3.63) is 82.7 Å². The molecule has 0 unspecified atom stereocenters. The van der Waals surface area contributed by atoms with Crippen molar-refractivity contribution < 1.29 is 9.36 Å². The summed E-state index contributed by atoms with van der Waals surface area (Å²) in [5, 5.41) is 0. The molecule has 0 saturated carbocycles. The molecule has 0 spiro atoms. The predicted octanol–water partition coefficient (Wildman–Crippen LogP) is 4.57. The van der Waals surface area contributed by atoms with Crippen molar-refractivity contribution in [1.29, 1.82) is 0 Å². The summed E-state index contributed by atoms with van der Waals surface area (Å²) in [7, 11) is 0. The maximum Gasteiger partial charge on any atom is 0.287 e. The van der Waals surface area contributed by atoms with Gasteiger partial charge in [0.15, 0.2) is 12.2 Å². The molecule has 0 amide bonds. The predicted molar refractivity (Wildman–Crippen MR) is 103 cm³/mol. The van der Waals surface area contributed by atoms with Crippen LogP contribution in [0.15, 0.2) is 71.6 Å². The minimum absolute atomic E-state index is 0. The Bertz CT molecular complexity index is 813. The largest absolute Gasteiger partial charge is 0.290 e. The second kappa shape index (κ2) is 8.31. The van der Waals surface area contributed by atoms with Crippen LogP contribution >= 0.6 is 32.9 Å². The molecule has 0 aliphatic rings. The molecule has 5 heteroatoms. The van der Waals surface area contributed by atoms with Crippen molar-refractivity contribution in [3.8, 4) is 11.3 Å². The Kier molecular flexibility index (Phi) is 6.40. The van der Waals surface area contributed by atoms with Crippen LogP contribution in [0.3, 0.4) is 0 Å². The molecule has 0 N–H and O–H groups in total. The fourth-order valence-corrected chi connectivity index (χ4v) is 2.53. The summed E-state index contributed by atoms with van der Waals surface area (Å²) in [6.07, 6.45) is 3.59. The Morgan fingerprint density at radius 3 is 2.29 bits per heavy atom. The number of rotatable bonds is 4. The Labute approximate surface area is 160 Å². The molecule has 1 aromatic heterocycles. The molecule has 2 aromatic carbocycles. The van der Waals surface area contributed by atoms with Gasteiger partial charge in [-0.25, -0.2) is 4.57 Å². The molecule has 0 radical (unpaired) electrons. The van der Waals surface area contributed by atoms with E-state index >= 15 is 0 Å². The van der Waals surface area contributed by atoms with Crippen LogP contribution in [0.25, 0.3) is 11.3 Å². The summed E-state index contributed by atoms with van der Waals surface area (Å²) in [6, 6.07) is 17.5. The van der Waals surface area contributed by atoms with Crippen LogP contribution in [0.5, 0.6) is 0 Å². The molecule has 122 valence electrons. The SMILES string of the molecule is Br.Cc1ccc(-c2cc[n+](CC(=O)c3ccc(Br)cc3)cn2)cc1. The van der Waals surface area contributed by atoms with E-state index in [1.165, 1.54) is 5.56 Å². The summed E-state index contributed by atoms with van der Waals surface area (Å²) in [4.78, 5) is 16.7. The van der Waals surface area contributed by atoms with Gasteiger partial charge in [-0.2, -0.15) is 0 Å². The van der Waals surface area contributed by atoms with E-state index in [2.05, 4.69) is 52.1 Å². The summed E-state index contributed by atoms with van der Waals surface area (Å²) < 4.78 is 2.76. The van der Waals surface area contributed by atoms with Crippen LogP contribution in [0.1, 0.15) is 15.9 Å². The number of nitrogens with zero attached hydrogens (tertiary/aromatic N) is 2. The zero-order valence-corrected chi connectivity index (χ0v) is 16.4. The number of ketones is 1. The normalized spacial score (nSPS) is 10.1. The highest BCUT2D eigenvalue weighted by molar-refractivity contribution is 9.10. The molecule has 1 heterocycles. The highest BCUT2D eigenvalue weighted by atomic mass is 79.9. The first-order valence-corrected chi connectivity index (χ1v) is 8.12. The number of benzene rings is 2. The van der Waals surface area contributed by atoms with Gasteiger partial charge in [0.1, 0.15) is 0 Å². The molecule has 3 aromatic rings. The van der Waals surface area contributed by atoms with Gasteiger partial charge >= 0.3 is 0 Å². The molecule has 0 atom stereocenters. The molecule has 0 saturated heterocycles. The van der Waals surface area contributed by atoms with E-state index in [4.69, 9.17) is 0 Å². The first kappa shape index (κ1) is 18.5. The molecule has 0 fully saturated rings. The van der Waals surface area contributed by atoms with Crippen molar-refractivity contribution in [1.82, 2.24) is 4.98 Å². The maximum atomic E-state index is 12.3. The molecule has 0 bridgehead atoms. The molecule has 0 aliphatic carbocycles. The van der Waals surface area contributed by atoms with Gasteiger partial charge in [0.25, 0.3) is 6.33 Å². The number of aromatic nitrogens is 2. The van der Waals surface area contributed by atoms with E-state index in [-0.39, 0.29) is 29.3 Å². The van der Waals surface area contributed by atoms with Gasteiger partial charge in [-0.05, 0) is 24.0 Å².